The minimum atomic E-state index is 0.111. The van der Waals surface area contributed by atoms with Gasteiger partial charge in [0.05, 0.1) is 14.2 Å². The molecule has 1 heterocycles. The number of hydrogen-bond acceptors (Lipinski definition) is 3. The smallest absolute Gasteiger partial charge is 0.119 e. The Morgan fingerprint density at radius 1 is 1.00 bits per heavy atom. The molecule has 0 aliphatic carbocycles. The van der Waals surface area contributed by atoms with E-state index in [1.54, 1.807) is 14.2 Å². The minimum Gasteiger partial charge on any atom is -0.497 e. The van der Waals surface area contributed by atoms with Gasteiger partial charge in [-0.15, -0.1) is 0 Å². The third-order valence-corrected chi connectivity index (χ3v) is 4.75. The molecule has 0 radical (unpaired) electrons. The maximum Gasteiger partial charge on any atom is 0.119 e. The van der Waals surface area contributed by atoms with E-state index in [4.69, 9.17) is 9.47 Å². The highest BCUT2D eigenvalue weighted by atomic mass is 16.5. The molecule has 3 heteroatoms. The van der Waals surface area contributed by atoms with Gasteiger partial charge >= 0.3 is 0 Å². The molecule has 1 unspecified atom stereocenters. The lowest BCUT2D eigenvalue weighted by Gasteiger charge is -2.38. The van der Waals surface area contributed by atoms with Gasteiger partial charge in [0.25, 0.3) is 0 Å². The largest absolute Gasteiger partial charge is 0.497 e. The molecule has 0 spiro atoms. The molecule has 122 valence electrons. The van der Waals surface area contributed by atoms with Gasteiger partial charge in [-0.2, -0.15) is 0 Å². The zero-order valence-corrected chi connectivity index (χ0v) is 14.3. The summed E-state index contributed by atoms with van der Waals surface area (Å²) in [6, 6.07) is 15.1. The van der Waals surface area contributed by atoms with E-state index >= 15 is 0 Å². The molecule has 3 rings (SSSR count). The van der Waals surface area contributed by atoms with Crippen LogP contribution in [-0.2, 0) is 11.8 Å². The van der Waals surface area contributed by atoms with Crippen LogP contribution in [0.5, 0.6) is 11.5 Å². The topological polar surface area (TPSA) is 30.5 Å². The van der Waals surface area contributed by atoms with Gasteiger partial charge in [-0.05, 0) is 47.4 Å². The summed E-state index contributed by atoms with van der Waals surface area (Å²) in [4.78, 5) is 0. The maximum atomic E-state index is 5.42. The number of ether oxygens (including phenoxy) is 2. The van der Waals surface area contributed by atoms with Crippen molar-refractivity contribution in [2.24, 2.45) is 0 Å². The van der Waals surface area contributed by atoms with E-state index in [9.17, 15) is 0 Å². The lowest BCUT2D eigenvalue weighted by Crippen LogP contribution is -2.42. The molecule has 1 aliphatic heterocycles. The number of benzene rings is 2. The van der Waals surface area contributed by atoms with Crippen molar-refractivity contribution >= 4 is 0 Å². The minimum absolute atomic E-state index is 0.111. The zero-order valence-electron chi connectivity index (χ0n) is 14.3. The highest BCUT2D eigenvalue weighted by molar-refractivity contribution is 5.44. The normalized spacial score (nSPS) is 19.0. The van der Waals surface area contributed by atoms with Crippen molar-refractivity contribution in [3.8, 4) is 11.5 Å². The first kappa shape index (κ1) is 15.9. The van der Waals surface area contributed by atoms with Crippen molar-refractivity contribution in [2.45, 2.75) is 31.7 Å². The van der Waals surface area contributed by atoms with Gasteiger partial charge in [-0.25, -0.2) is 0 Å². The zero-order chi connectivity index (χ0) is 16.4. The molecule has 2 aromatic rings. The van der Waals surface area contributed by atoms with E-state index in [1.165, 1.54) is 16.7 Å². The fraction of sp³-hybridized carbons (Fsp3) is 0.400. The van der Waals surface area contributed by atoms with Gasteiger partial charge in [-0.1, -0.05) is 32.0 Å². The number of fused-ring (bicyclic) bond motifs is 1. The van der Waals surface area contributed by atoms with Crippen LogP contribution in [0.25, 0.3) is 0 Å². The van der Waals surface area contributed by atoms with Gasteiger partial charge in [-0.3, -0.25) is 0 Å². The molecule has 1 aliphatic rings. The van der Waals surface area contributed by atoms with E-state index in [1.807, 2.05) is 12.1 Å². The van der Waals surface area contributed by atoms with E-state index in [2.05, 4.69) is 49.5 Å². The summed E-state index contributed by atoms with van der Waals surface area (Å²) in [5.74, 6) is 1.83. The Hall–Kier alpha value is -2.00. The van der Waals surface area contributed by atoms with Crippen molar-refractivity contribution in [1.82, 2.24) is 5.32 Å². The second-order valence-electron chi connectivity index (χ2n) is 6.82. The predicted molar refractivity (Wildman–Crippen MR) is 93.5 cm³/mol. The van der Waals surface area contributed by atoms with Crippen LogP contribution in [0, 0.1) is 0 Å². The van der Waals surface area contributed by atoms with E-state index in [-0.39, 0.29) is 5.41 Å². The molecule has 1 N–H and O–H groups in total. The number of methoxy groups -OCH3 is 2. The second kappa shape index (κ2) is 6.25. The first-order valence-electron chi connectivity index (χ1n) is 8.08. The Kier molecular flexibility index (Phi) is 4.31. The lowest BCUT2D eigenvalue weighted by atomic mass is 9.75. The number of hydrogen-bond donors (Lipinski definition) is 1. The average molecular weight is 311 g/mol. The lowest BCUT2D eigenvalue weighted by molar-refractivity contribution is 0.372. The molecular weight excluding hydrogens is 286 g/mol. The Morgan fingerprint density at radius 3 is 2.30 bits per heavy atom. The Balaban J connectivity index is 1.89. The Morgan fingerprint density at radius 2 is 1.65 bits per heavy atom. The second-order valence-corrected chi connectivity index (χ2v) is 6.82. The molecule has 0 aromatic heterocycles. The van der Waals surface area contributed by atoms with Crippen molar-refractivity contribution in [1.29, 1.82) is 0 Å². The SMILES string of the molecule is COc1ccc(CC2NCC(C)(C)c3cc(OC)ccc32)cc1. The third-order valence-electron chi connectivity index (χ3n) is 4.75. The summed E-state index contributed by atoms with van der Waals surface area (Å²) >= 11 is 0. The average Bonchev–Trinajstić information content (AvgIpc) is 2.58. The third kappa shape index (κ3) is 3.20. The number of rotatable bonds is 4. The van der Waals surface area contributed by atoms with Crippen molar-refractivity contribution in [2.75, 3.05) is 20.8 Å². The summed E-state index contributed by atoms with van der Waals surface area (Å²) in [5.41, 5.74) is 4.18. The predicted octanol–water partition coefficient (Wildman–Crippen LogP) is 3.87. The molecule has 2 aromatic carbocycles. The quantitative estimate of drug-likeness (QED) is 0.930. The summed E-state index contributed by atoms with van der Waals surface area (Å²) in [6.45, 7) is 5.53. The van der Waals surface area contributed by atoms with Gasteiger partial charge < -0.3 is 14.8 Å². The van der Waals surface area contributed by atoms with Gasteiger partial charge in [0.1, 0.15) is 11.5 Å². The van der Waals surface area contributed by atoms with Gasteiger partial charge in [0.2, 0.25) is 0 Å². The molecule has 0 amide bonds. The molecule has 3 nitrogen and oxygen atoms in total. The fourth-order valence-corrected chi connectivity index (χ4v) is 3.32. The summed E-state index contributed by atoms with van der Waals surface area (Å²) in [6.07, 6.45) is 0.972. The fourth-order valence-electron chi connectivity index (χ4n) is 3.32. The van der Waals surface area contributed by atoms with Crippen LogP contribution in [0.1, 0.15) is 36.6 Å². The summed E-state index contributed by atoms with van der Waals surface area (Å²) in [7, 11) is 3.42. The molecule has 0 fully saturated rings. The summed E-state index contributed by atoms with van der Waals surface area (Å²) in [5, 5.41) is 3.71. The molecular formula is C20H25NO2. The van der Waals surface area contributed by atoms with Crippen LogP contribution in [0.4, 0.5) is 0 Å². The first-order valence-corrected chi connectivity index (χ1v) is 8.08. The molecule has 0 bridgehead atoms. The van der Waals surface area contributed by atoms with Crippen molar-refractivity contribution < 1.29 is 9.47 Å². The standard InChI is InChI=1S/C20H25NO2/c1-20(2)13-21-19(11-14-5-7-15(22-3)8-6-14)17-10-9-16(23-4)12-18(17)20/h5-10,12,19,21H,11,13H2,1-4H3. The van der Waals surface area contributed by atoms with Crippen LogP contribution in [0.3, 0.4) is 0 Å². The molecule has 23 heavy (non-hydrogen) atoms. The van der Waals surface area contributed by atoms with E-state index in [0.29, 0.717) is 6.04 Å². The summed E-state index contributed by atoms with van der Waals surface area (Å²) < 4.78 is 10.7. The first-order chi connectivity index (χ1) is 11.0. The Bertz CT molecular complexity index is 677. The maximum absolute atomic E-state index is 5.42. The van der Waals surface area contributed by atoms with Crippen LogP contribution < -0.4 is 14.8 Å². The van der Waals surface area contributed by atoms with Crippen LogP contribution in [0.2, 0.25) is 0 Å². The molecule has 1 atom stereocenters. The van der Waals surface area contributed by atoms with Crippen LogP contribution >= 0.6 is 0 Å². The van der Waals surface area contributed by atoms with Crippen molar-refractivity contribution in [3.05, 3.63) is 59.2 Å². The van der Waals surface area contributed by atoms with Crippen LogP contribution in [0.15, 0.2) is 42.5 Å². The van der Waals surface area contributed by atoms with Gasteiger partial charge in [0, 0.05) is 18.0 Å². The molecule has 0 saturated heterocycles. The van der Waals surface area contributed by atoms with Crippen LogP contribution in [-0.4, -0.2) is 20.8 Å². The van der Waals surface area contributed by atoms with Gasteiger partial charge in [0.15, 0.2) is 0 Å². The highest BCUT2D eigenvalue weighted by Gasteiger charge is 2.32. The van der Waals surface area contributed by atoms with Crippen molar-refractivity contribution in [3.63, 3.8) is 0 Å². The molecule has 0 saturated carbocycles. The monoisotopic (exact) mass is 311 g/mol. The number of nitrogens with one attached hydrogen (secondary N) is 1. The Labute approximate surface area is 138 Å². The highest BCUT2D eigenvalue weighted by Crippen LogP contribution is 2.37. The van der Waals surface area contributed by atoms with E-state index in [0.717, 1.165) is 24.5 Å². The van der Waals surface area contributed by atoms with E-state index < -0.39 is 0 Å².